The highest BCUT2D eigenvalue weighted by atomic mass is 79.9. The van der Waals surface area contributed by atoms with Gasteiger partial charge in [0.25, 0.3) is 0 Å². The number of carbonyl (C=O) groups is 1. The molecule has 0 spiro atoms. The minimum atomic E-state index is -0.380. The molecule has 0 saturated carbocycles. The van der Waals surface area contributed by atoms with Gasteiger partial charge < -0.3 is 24.3 Å². The van der Waals surface area contributed by atoms with Crippen LogP contribution < -0.4 is 19.5 Å². The summed E-state index contributed by atoms with van der Waals surface area (Å²) in [5, 5.41) is 4.27. The Morgan fingerprint density at radius 1 is 1.00 bits per heavy atom. The second-order valence-electron chi connectivity index (χ2n) is 5.64. The first-order valence-corrected chi connectivity index (χ1v) is 9.54. The number of ether oxygens (including phenoxy) is 4. The second kappa shape index (κ2) is 10.1. The van der Waals surface area contributed by atoms with Gasteiger partial charge in [0.15, 0.2) is 11.5 Å². The monoisotopic (exact) mass is 437 g/mol. The van der Waals surface area contributed by atoms with Crippen LogP contribution in [0.1, 0.15) is 16.8 Å². The van der Waals surface area contributed by atoms with E-state index >= 15 is 0 Å². The van der Waals surface area contributed by atoms with Crippen LogP contribution >= 0.6 is 15.9 Å². The summed E-state index contributed by atoms with van der Waals surface area (Å²) in [4.78, 5) is 11.9. The third kappa shape index (κ3) is 4.86. The van der Waals surface area contributed by atoms with Gasteiger partial charge in [-0.05, 0) is 36.2 Å². The smallest absolute Gasteiger partial charge is 0.337 e. The molecular weight excluding hydrogens is 414 g/mol. The lowest BCUT2D eigenvalue weighted by Crippen LogP contribution is -2.07. The molecule has 0 aliphatic rings. The highest BCUT2D eigenvalue weighted by molar-refractivity contribution is 9.09. The Balaban J connectivity index is 2.56. The van der Waals surface area contributed by atoms with Gasteiger partial charge in [-0.25, -0.2) is 4.79 Å². The molecule has 0 heterocycles. The predicted octanol–water partition coefficient (Wildman–Crippen LogP) is 4.36. The van der Waals surface area contributed by atoms with E-state index in [2.05, 4.69) is 21.2 Å². The van der Waals surface area contributed by atoms with Gasteiger partial charge in [-0.15, -0.1) is 0 Å². The summed E-state index contributed by atoms with van der Waals surface area (Å²) >= 11 is 3.43. The van der Waals surface area contributed by atoms with Gasteiger partial charge in [0.05, 0.1) is 34.0 Å². The lowest BCUT2D eigenvalue weighted by molar-refractivity contribution is 0.0601. The minimum absolute atomic E-state index is 0.380. The molecule has 0 saturated heterocycles. The van der Waals surface area contributed by atoms with Crippen molar-refractivity contribution in [1.29, 1.82) is 0 Å². The van der Waals surface area contributed by atoms with Crippen LogP contribution in [0.3, 0.4) is 0 Å². The summed E-state index contributed by atoms with van der Waals surface area (Å²) in [6.45, 7) is 0.757. The SMILES string of the molecule is COC(=O)c1ccc(-c2cc(OC)c(OC)c(OC)c2)c(NCCCBr)c1. The first kappa shape index (κ1) is 20.9. The molecule has 2 aromatic rings. The van der Waals surface area contributed by atoms with E-state index in [1.807, 2.05) is 18.2 Å². The highest BCUT2D eigenvalue weighted by Crippen LogP contribution is 2.42. The van der Waals surface area contributed by atoms with Crippen molar-refractivity contribution in [2.24, 2.45) is 0 Å². The number of nitrogens with one attached hydrogen (secondary N) is 1. The molecule has 0 aromatic heterocycles. The average Bonchev–Trinajstić information content (AvgIpc) is 2.72. The summed E-state index contributed by atoms with van der Waals surface area (Å²) in [7, 11) is 6.10. The lowest BCUT2D eigenvalue weighted by atomic mass is 10.00. The fraction of sp³-hybridized carbons (Fsp3) is 0.350. The van der Waals surface area contributed by atoms with Crippen LogP contribution in [0.15, 0.2) is 30.3 Å². The van der Waals surface area contributed by atoms with E-state index in [4.69, 9.17) is 18.9 Å². The third-order valence-electron chi connectivity index (χ3n) is 4.04. The number of methoxy groups -OCH3 is 4. The summed E-state index contributed by atoms with van der Waals surface area (Å²) < 4.78 is 21.1. The predicted molar refractivity (Wildman–Crippen MR) is 110 cm³/mol. The van der Waals surface area contributed by atoms with E-state index in [1.54, 1.807) is 33.5 Å². The standard InChI is InChI=1S/C20H24BrNO5/c1-24-17-11-14(12-18(25-2)19(17)26-3)15-7-6-13(20(23)27-4)10-16(15)22-9-5-8-21/h6-7,10-12,22H,5,8-9H2,1-4H3. The van der Waals surface area contributed by atoms with Crippen molar-refractivity contribution in [2.75, 3.05) is 45.6 Å². The Hall–Kier alpha value is -2.41. The van der Waals surface area contributed by atoms with Crippen molar-refractivity contribution in [1.82, 2.24) is 0 Å². The van der Waals surface area contributed by atoms with Crippen LogP contribution in [0.25, 0.3) is 11.1 Å². The maximum absolute atomic E-state index is 11.9. The number of esters is 1. The molecule has 2 rings (SSSR count). The molecule has 0 bridgehead atoms. The number of anilines is 1. The van der Waals surface area contributed by atoms with E-state index < -0.39 is 0 Å². The molecule has 0 radical (unpaired) electrons. The maximum atomic E-state index is 11.9. The summed E-state index contributed by atoms with van der Waals surface area (Å²) in [5.74, 6) is 1.28. The van der Waals surface area contributed by atoms with E-state index in [9.17, 15) is 4.79 Å². The molecule has 7 heteroatoms. The number of carbonyl (C=O) groups excluding carboxylic acids is 1. The first-order valence-electron chi connectivity index (χ1n) is 8.42. The van der Waals surface area contributed by atoms with Crippen LogP contribution in [0.4, 0.5) is 5.69 Å². The lowest BCUT2D eigenvalue weighted by Gasteiger charge is -2.17. The molecule has 0 aliphatic heterocycles. The van der Waals surface area contributed by atoms with E-state index in [1.165, 1.54) is 7.11 Å². The van der Waals surface area contributed by atoms with Crippen LogP contribution in [-0.2, 0) is 4.74 Å². The van der Waals surface area contributed by atoms with Crippen molar-refractivity contribution in [2.45, 2.75) is 6.42 Å². The zero-order chi connectivity index (χ0) is 19.8. The van der Waals surface area contributed by atoms with Gasteiger partial charge in [-0.2, -0.15) is 0 Å². The Labute approximate surface area is 167 Å². The van der Waals surface area contributed by atoms with Crippen molar-refractivity contribution in [3.8, 4) is 28.4 Å². The molecule has 0 atom stereocenters. The highest BCUT2D eigenvalue weighted by Gasteiger charge is 2.17. The Morgan fingerprint density at radius 2 is 1.67 bits per heavy atom. The first-order chi connectivity index (χ1) is 13.1. The number of hydrogen-bond acceptors (Lipinski definition) is 6. The molecule has 0 unspecified atom stereocenters. The van der Waals surface area contributed by atoms with E-state index in [0.717, 1.165) is 35.1 Å². The number of rotatable bonds is 9. The van der Waals surface area contributed by atoms with Gasteiger partial charge in [0, 0.05) is 23.1 Å². The fourth-order valence-electron chi connectivity index (χ4n) is 2.71. The van der Waals surface area contributed by atoms with Crippen molar-refractivity contribution < 1.29 is 23.7 Å². The van der Waals surface area contributed by atoms with Gasteiger partial charge in [-0.3, -0.25) is 0 Å². The summed E-state index contributed by atoms with van der Waals surface area (Å²) in [5.41, 5.74) is 3.10. The van der Waals surface area contributed by atoms with Crippen molar-refractivity contribution in [3.63, 3.8) is 0 Å². The van der Waals surface area contributed by atoms with Crippen LogP contribution in [0.2, 0.25) is 0 Å². The molecule has 1 N–H and O–H groups in total. The van der Waals surface area contributed by atoms with Gasteiger partial charge in [0.2, 0.25) is 5.75 Å². The number of hydrogen-bond donors (Lipinski definition) is 1. The largest absolute Gasteiger partial charge is 0.493 e. The molecule has 146 valence electrons. The second-order valence-corrected chi connectivity index (χ2v) is 6.43. The van der Waals surface area contributed by atoms with Crippen LogP contribution in [-0.4, -0.2) is 46.3 Å². The van der Waals surface area contributed by atoms with E-state index in [-0.39, 0.29) is 5.97 Å². The zero-order valence-electron chi connectivity index (χ0n) is 15.9. The van der Waals surface area contributed by atoms with Crippen LogP contribution in [0, 0.1) is 0 Å². The summed E-state index contributed by atoms with van der Waals surface area (Å²) in [6.07, 6.45) is 0.942. The Bertz CT molecular complexity index is 769. The summed E-state index contributed by atoms with van der Waals surface area (Å²) in [6, 6.07) is 9.16. The molecular formula is C20H24BrNO5. The van der Waals surface area contributed by atoms with Gasteiger partial charge in [-0.1, -0.05) is 22.0 Å². The molecule has 0 amide bonds. The minimum Gasteiger partial charge on any atom is -0.493 e. The molecule has 0 aliphatic carbocycles. The average molecular weight is 438 g/mol. The van der Waals surface area contributed by atoms with Gasteiger partial charge >= 0.3 is 5.97 Å². The maximum Gasteiger partial charge on any atom is 0.337 e. The molecule has 2 aromatic carbocycles. The topological polar surface area (TPSA) is 66.0 Å². The zero-order valence-corrected chi connectivity index (χ0v) is 17.5. The van der Waals surface area contributed by atoms with Crippen molar-refractivity contribution in [3.05, 3.63) is 35.9 Å². The fourth-order valence-corrected chi connectivity index (χ4v) is 2.99. The van der Waals surface area contributed by atoms with Gasteiger partial charge in [0.1, 0.15) is 0 Å². The Kier molecular flexibility index (Phi) is 7.79. The van der Waals surface area contributed by atoms with Crippen LogP contribution in [0.5, 0.6) is 17.2 Å². The molecule has 0 fully saturated rings. The van der Waals surface area contributed by atoms with E-state index in [0.29, 0.717) is 22.8 Å². The third-order valence-corrected chi connectivity index (χ3v) is 4.60. The normalized spacial score (nSPS) is 10.3. The number of alkyl halides is 1. The quantitative estimate of drug-likeness (QED) is 0.357. The molecule has 27 heavy (non-hydrogen) atoms. The number of benzene rings is 2. The number of halogens is 1. The molecule has 6 nitrogen and oxygen atoms in total. The van der Waals surface area contributed by atoms with Crippen molar-refractivity contribution >= 4 is 27.6 Å². The Morgan fingerprint density at radius 3 is 2.19 bits per heavy atom.